The van der Waals surface area contributed by atoms with Gasteiger partial charge in [0, 0.05) is 17.3 Å². The summed E-state index contributed by atoms with van der Waals surface area (Å²) in [5, 5.41) is 6.88. The molecule has 0 aliphatic carbocycles. The van der Waals surface area contributed by atoms with Crippen LogP contribution in [0.3, 0.4) is 0 Å². The van der Waals surface area contributed by atoms with E-state index in [4.69, 9.17) is 4.74 Å². The highest BCUT2D eigenvalue weighted by molar-refractivity contribution is 5.99. The smallest absolute Gasteiger partial charge is 0.411 e. The number of nitrogens with zero attached hydrogens (tertiary/aromatic N) is 3. The number of imidazole rings is 1. The molecule has 1 amide bonds. The van der Waals surface area contributed by atoms with Crippen LogP contribution in [0.5, 0.6) is 0 Å². The first-order chi connectivity index (χ1) is 13.1. The highest BCUT2D eigenvalue weighted by atomic mass is 16.5. The van der Waals surface area contributed by atoms with Crippen LogP contribution in [0.15, 0.2) is 42.9 Å². The lowest BCUT2D eigenvalue weighted by atomic mass is 10.1. The van der Waals surface area contributed by atoms with E-state index in [-0.39, 0.29) is 6.61 Å². The molecule has 0 spiro atoms. The molecule has 8 heteroatoms. The number of aromatic nitrogens is 4. The normalized spacial score (nSPS) is 10.9. The van der Waals surface area contributed by atoms with E-state index in [9.17, 15) is 4.79 Å². The van der Waals surface area contributed by atoms with Gasteiger partial charge < -0.3 is 15.0 Å². The molecule has 2 heterocycles. The lowest BCUT2D eigenvalue weighted by Gasteiger charge is -2.10. The lowest BCUT2D eigenvalue weighted by molar-refractivity contribution is 0.168. The van der Waals surface area contributed by atoms with Gasteiger partial charge >= 0.3 is 6.09 Å². The lowest BCUT2D eigenvalue weighted by Crippen LogP contribution is -2.13. The zero-order chi connectivity index (χ0) is 18.8. The van der Waals surface area contributed by atoms with Crippen LogP contribution >= 0.6 is 0 Å². The number of benzene rings is 2. The number of H-pyrrole nitrogens is 1. The molecule has 2 aromatic carbocycles. The quantitative estimate of drug-likeness (QED) is 0.504. The number of para-hydroxylation sites is 1. The van der Waals surface area contributed by atoms with Crippen molar-refractivity contribution >= 4 is 45.4 Å². The van der Waals surface area contributed by atoms with Gasteiger partial charge in [0.1, 0.15) is 5.52 Å². The van der Waals surface area contributed by atoms with Gasteiger partial charge in [-0.05, 0) is 31.5 Å². The molecule has 27 heavy (non-hydrogen) atoms. The summed E-state index contributed by atoms with van der Waals surface area (Å²) >= 11 is 0. The monoisotopic (exact) mass is 362 g/mol. The second kappa shape index (κ2) is 6.91. The number of hydrogen-bond donors (Lipinski definition) is 3. The summed E-state index contributed by atoms with van der Waals surface area (Å²) in [5.74, 6) is 0.470. The third-order valence-electron chi connectivity index (χ3n) is 4.10. The average Bonchev–Trinajstić information content (AvgIpc) is 3.11. The van der Waals surface area contributed by atoms with Crippen molar-refractivity contribution in [3.8, 4) is 0 Å². The van der Waals surface area contributed by atoms with Gasteiger partial charge in [-0.15, -0.1) is 0 Å². The summed E-state index contributed by atoms with van der Waals surface area (Å²) in [6, 6.07) is 9.62. The Balaban J connectivity index is 1.69. The van der Waals surface area contributed by atoms with Gasteiger partial charge in [-0.3, -0.25) is 5.32 Å². The number of aryl methyl sites for hydroxylation is 1. The van der Waals surface area contributed by atoms with Crippen LogP contribution < -0.4 is 10.6 Å². The molecule has 0 saturated carbocycles. The molecule has 0 radical (unpaired) electrons. The van der Waals surface area contributed by atoms with Crippen molar-refractivity contribution in [3.63, 3.8) is 0 Å². The van der Waals surface area contributed by atoms with Crippen molar-refractivity contribution in [2.24, 2.45) is 0 Å². The van der Waals surface area contributed by atoms with Crippen molar-refractivity contribution in [3.05, 3.63) is 48.4 Å². The molecule has 3 N–H and O–H groups in total. The van der Waals surface area contributed by atoms with Crippen LogP contribution in [0.1, 0.15) is 12.5 Å². The fraction of sp³-hybridized carbons (Fsp3) is 0.158. The summed E-state index contributed by atoms with van der Waals surface area (Å²) < 4.78 is 4.96. The molecule has 0 bridgehead atoms. The molecule has 0 atom stereocenters. The Bertz CT molecular complexity index is 1140. The maximum atomic E-state index is 11.8. The Morgan fingerprint density at radius 3 is 2.96 bits per heavy atom. The molecule has 0 unspecified atom stereocenters. The second-order valence-electron chi connectivity index (χ2n) is 6.00. The van der Waals surface area contributed by atoms with Crippen molar-refractivity contribution in [2.45, 2.75) is 13.8 Å². The molecule has 8 nitrogen and oxygen atoms in total. The van der Waals surface area contributed by atoms with Gasteiger partial charge in [0.05, 0.1) is 29.7 Å². The van der Waals surface area contributed by atoms with E-state index >= 15 is 0 Å². The Morgan fingerprint density at radius 2 is 2.11 bits per heavy atom. The third kappa shape index (κ3) is 3.37. The van der Waals surface area contributed by atoms with E-state index in [0.29, 0.717) is 22.8 Å². The van der Waals surface area contributed by atoms with Crippen LogP contribution in [-0.4, -0.2) is 32.6 Å². The molecule has 0 aliphatic heterocycles. The number of hydrogen-bond acceptors (Lipinski definition) is 6. The van der Waals surface area contributed by atoms with Gasteiger partial charge in [0.25, 0.3) is 0 Å². The van der Waals surface area contributed by atoms with E-state index in [1.54, 1.807) is 25.5 Å². The molecule has 0 aliphatic rings. The van der Waals surface area contributed by atoms with Gasteiger partial charge in [0.2, 0.25) is 5.95 Å². The Morgan fingerprint density at radius 1 is 1.22 bits per heavy atom. The van der Waals surface area contributed by atoms with Crippen molar-refractivity contribution < 1.29 is 9.53 Å². The summed E-state index contributed by atoms with van der Waals surface area (Å²) in [6.07, 6.45) is 2.82. The van der Waals surface area contributed by atoms with E-state index in [1.807, 2.05) is 31.2 Å². The maximum Gasteiger partial charge on any atom is 0.411 e. The highest BCUT2D eigenvalue weighted by Crippen LogP contribution is 2.27. The Labute approximate surface area is 155 Å². The molecular weight excluding hydrogens is 344 g/mol. The number of ether oxygens (including phenoxy) is 1. The minimum atomic E-state index is -0.531. The van der Waals surface area contributed by atoms with Crippen LogP contribution in [-0.2, 0) is 4.74 Å². The van der Waals surface area contributed by atoms with E-state index in [0.717, 1.165) is 22.0 Å². The maximum absolute atomic E-state index is 11.8. The van der Waals surface area contributed by atoms with Crippen LogP contribution in [0.2, 0.25) is 0 Å². The summed E-state index contributed by atoms with van der Waals surface area (Å²) in [4.78, 5) is 28.1. The Kier molecular flexibility index (Phi) is 4.29. The molecule has 0 fully saturated rings. The van der Waals surface area contributed by atoms with Gasteiger partial charge in [-0.2, -0.15) is 0 Å². The second-order valence-corrected chi connectivity index (χ2v) is 6.00. The predicted octanol–water partition coefficient (Wildman–Crippen LogP) is 4.13. The molecule has 136 valence electrons. The molecule has 4 rings (SSSR count). The first kappa shape index (κ1) is 16.8. The third-order valence-corrected chi connectivity index (χ3v) is 4.10. The topological polar surface area (TPSA) is 105 Å². The number of carbonyl (C=O) groups is 1. The van der Waals surface area contributed by atoms with Crippen LogP contribution in [0.4, 0.5) is 22.1 Å². The average molecular weight is 362 g/mol. The van der Waals surface area contributed by atoms with Crippen LogP contribution in [0, 0.1) is 6.92 Å². The van der Waals surface area contributed by atoms with Crippen molar-refractivity contribution in [2.75, 3.05) is 17.2 Å². The number of amides is 1. The van der Waals surface area contributed by atoms with E-state index in [1.165, 1.54) is 0 Å². The fourth-order valence-corrected chi connectivity index (χ4v) is 2.89. The number of nitrogens with one attached hydrogen (secondary N) is 3. The minimum Gasteiger partial charge on any atom is -0.450 e. The van der Waals surface area contributed by atoms with Gasteiger partial charge in [-0.25, -0.2) is 19.7 Å². The SMILES string of the molecule is CCOC(=O)Nc1cc(Nc2ncc3cccc(C)c3n2)cc2[nH]cnc12. The van der Waals surface area contributed by atoms with Gasteiger partial charge in [0.15, 0.2) is 0 Å². The number of anilines is 3. The molecule has 2 aromatic heterocycles. The fourth-order valence-electron chi connectivity index (χ4n) is 2.89. The predicted molar refractivity (Wildman–Crippen MR) is 104 cm³/mol. The largest absolute Gasteiger partial charge is 0.450 e. The molecule has 0 saturated heterocycles. The highest BCUT2D eigenvalue weighted by Gasteiger charge is 2.11. The van der Waals surface area contributed by atoms with Crippen LogP contribution in [0.25, 0.3) is 21.9 Å². The first-order valence-electron chi connectivity index (χ1n) is 8.54. The van der Waals surface area contributed by atoms with Gasteiger partial charge in [-0.1, -0.05) is 18.2 Å². The number of rotatable bonds is 4. The molecular formula is C19H18N6O2. The standard InChI is InChI=1S/C19H18N6O2/c1-3-27-19(26)24-15-8-13(7-14-17(15)22-10-21-14)23-18-20-9-12-6-4-5-11(2)16(12)25-18/h4-10H,3H2,1-2H3,(H,21,22)(H,24,26)(H,20,23,25). The number of fused-ring (bicyclic) bond motifs is 2. The van der Waals surface area contributed by atoms with E-state index < -0.39 is 6.09 Å². The Hall–Kier alpha value is -3.68. The minimum absolute atomic E-state index is 0.289. The summed E-state index contributed by atoms with van der Waals surface area (Å²) in [5.41, 5.74) is 4.62. The molecule has 4 aromatic rings. The number of aromatic amines is 1. The van der Waals surface area contributed by atoms with Crippen molar-refractivity contribution in [1.82, 2.24) is 19.9 Å². The van der Waals surface area contributed by atoms with E-state index in [2.05, 4.69) is 30.6 Å². The summed E-state index contributed by atoms with van der Waals surface area (Å²) in [6.45, 7) is 4.05. The zero-order valence-corrected chi connectivity index (χ0v) is 14.9. The first-order valence-corrected chi connectivity index (χ1v) is 8.54. The number of carbonyl (C=O) groups excluding carboxylic acids is 1. The van der Waals surface area contributed by atoms with Crippen molar-refractivity contribution in [1.29, 1.82) is 0 Å². The zero-order valence-electron chi connectivity index (χ0n) is 14.9. The summed E-state index contributed by atoms with van der Waals surface area (Å²) in [7, 11) is 0.